The number of carbonyl (C=O) groups excluding carboxylic acids is 1. The van der Waals surface area contributed by atoms with Crippen molar-refractivity contribution < 1.29 is 4.79 Å². The van der Waals surface area contributed by atoms with Crippen LogP contribution < -0.4 is 0 Å². The number of thiophene rings is 1. The minimum Gasteiger partial charge on any atom is -0.293 e. The Kier molecular flexibility index (Phi) is 4.47. The van der Waals surface area contributed by atoms with E-state index >= 15 is 0 Å². The molecule has 0 saturated carbocycles. The molecule has 0 atom stereocenters. The fourth-order valence-corrected chi connectivity index (χ4v) is 2.76. The van der Waals surface area contributed by atoms with Gasteiger partial charge in [0.15, 0.2) is 5.78 Å². The van der Waals surface area contributed by atoms with Gasteiger partial charge in [-0.2, -0.15) is 5.10 Å². The Morgan fingerprint density at radius 2 is 2.21 bits per heavy atom. The molecule has 0 N–H and O–H groups in total. The lowest BCUT2D eigenvalue weighted by Crippen LogP contribution is -2.13. The summed E-state index contributed by atoms with van der Waals surface area (Å²) in [5, 5.41) is 4.18. The van der Waals surface area contributed by atoms with Gasteiger partial charge in [0.1, 0.15) is 12.2 Å². The topological polar surface area (TPSA) is 47.8 Å². The maximum absolute atomic E-state index is 12.2. The van der Waals surface area contributed by atoms with Gasteiger partial charge in [-0.1, -0.05) is 20.8 Å². The summed E-state index contributed by atoms with van der Waals surface area (Å²) in [6.45, 7) is 7.15. The standard InChI is InChI=1S/C14H19N3OS/c1-4-11-5-6-13(19-11)12(18)7-14-15-9-16-17(14)8-10(2)3/h5-6,9-10H,4,7-8H2,1-3H3. The number of nitrogens with zero attached hydrogens (tertiary/aromatic N) is 3. The van der Waals surface area contributed by atoms with Crippen LogP contribution in [0.5, 0.6) is 0 Å². The van der Waals surface area contributed by atoms with E-state index in [4.69, 9.17) is 0 Å². The van der Waals surface area contributed by atoms with E-state index < -0.39 is 0 Å². The number of carbonyl (C=O) groups is 1. The molecule has 19 heavy (non-hydrogen) atoms. The SMILES string of the molecule is CCc1ccc(C(=O)Cc2ncnn2CC(C)C)s1. The molecule has 0 radical (unpaired) electrons. The maximum atomic E-state index is 12.2. The smallest absolute Gasteiger partial charge is 0.180 e. The van der Waals surface area contributed by atoms with Crippen molar-refractivity contribution in [1.29, 1.82) is 0 Å². The Morgan fingerprint density at radius 3 is 2.84 bits per heavy atom. The first-order chi connectivity index (χ1) is 9.10. The molecule has 2 rings (SSSR count). The fraction of sp³-hybridized carbons (Fsp3) is 0.500. The lowest BCUT2D eigenvalue weighted by molar-refractivity contribution is 0.0993. The van der Waals surface area contributed by atoms with Crippen LogP contribution in [0.3, 0.4) is 0 Å². The van der Waals surface area contributed by atoms with E-state index in [0.717, 1.165) is 23.7 Å². The summed E-state index contributed by atoms with van der Waals surface area (Å²) in [7, 11) is 0. The monoisotopic (exact) mass is 277 g/mol. The van der Waals surface area contributed by atoms with Crippen molar-refractivity contribution in [3.63, 3.8) is 0 Å². The molecule has 102 valence electrons. The van der Waals surface area contributed by atoms with Crippen LogP contribution in [0.4, 0.5) is 0 Å². The average Bonchev–Trinajstić information content (AvgIpc) is 2.98. The van der Waals surface area contributed by atoms with E-state index in [2.05, 4.69) is 30.9 Å². The van der Waals surface area contributed by atoms with Crippen LogP contribution >= 0.6 is 11.3 Å². The highest BCUT2D eigenvalue weighted by atomic mass is 32.1. The number of aryl methyl sites for hydroxylation is 1. The molecule has 2 aromatic heterocycles. The number of rotatable bonds is 6. The number of aromatic nitrogens is 3. The highest BCUT2D eigenvalue weighted by Gasteiger charge is 2.14. The van der Waals surface area contributed by atoms with Gasteiger partial charge >= 0.3 is 0 Å². The minimum atomic E-state index is 0.128. The van der Waals surface area contributed by atoms with Crippen molar-refractivity contribution in [2.75, 3.05) is 0 Å². The van der Waals surface area contributed by atoms with Gasteiger partial charge in [-0.15, -0.1) is 11.3 Å². The van der Waals surface area contributed by atoms with Gasteiger partial charge in [0.05, 0.1) is 11.3 Å². The molecule has 0 aromatic carbocycles. The van der Waals surface area contributed by atoms with Gasteiger partial charge in [-0.25, -0.2) is 9.67 Å². The molecule has 0 aliphatic heterocycles. The molecule has 0 amide bonds. The van der Waals surface area contributed by atoms with Gasteiger partial charge in [0.25, 0.3) is 0 Å². The molecule has 0 fully saturated rings. The molecule has 5 heteroatoms. The van der Waals surface area contributed by atoms with Crippen molar-refractivity contribution in [3.05, 3.63) is 34.0 Å². The summed E-state index contributed by atoms with van der Waals surface area (Å²) in [6.07, 6.45) is 2.83. The van der Waals surface area contributed by atoms with Crippen LogP contribution in [-0.4, -0.2) is 20.5 Å². The van der Waals surface area contributed by atoms with E-state index in [-0.39, 0.29) is 5.78 Å². The first kappa shape index (κ1) is 13.9. The van der Waals surface area contributed by atoms with Gasteiger partial charge in [0.2, 0.25) is 0 Å². The van der Waals surface area contributed by atoms with E-state index in [1.54, 1.807) is 11.3 Å². The van der Waals surface area contributed by atoms with Gasteiger partial charge in [-0.3, -0.25) is 4.79 Å². The van der Waals surface area contributed by atoms with Crippen LogP contribution in [-0.2, 0) is 19.4 Å². The van der Waals surface area contributed by atoms with Gasteiger partial charge in [-0.05, 0) is 24.5 Å². The highest BCUT2D eigenvalue weighted by molar-refractivity contribution is 7.14. The molecule has 0 spiro atoms. The molecule has 0 unspecified atom stereocenters. The molecule has 4 nitrogen and oxygen atoms in total. The van der Waals surface area contributed by atoms with E-state index in [1.165, 1.54) is 11.2 Å². The van der Waals surface area contributed by atoms with E-state index in [9.17, 15) is 4.79 Å². The zero-order valence-electron chi connectivity index (χ0n) is 11.6. The molecule has 2 heterocycles. The second kappa shape index (κ2) is 6.10. The van der Waals surface area contributed by atoms with Crippen LogP contribution in [0.2, 0.25) is 0 Å². The molecular formula is C14H19N3OS. The lowest BCUT2D eigenvalue weighted by Gasteiger charge is -2.07. The van der Waals surface area contributed by atoms with Crippen molar-refractivity contribution in [2.24, 2.45) is 5.92 Å². The number of ketones is 1. The first-order valence-electron chi connectivity index (χ1n) is 6.58. The zero-order chi connectivity index (χ0) is 13.8. The summed E-state index contributed by atoms with van der Waals surface area (Å²) in [6, 6.07) is 3.94. The molecule has 0 saturated heterocycles. The molecule has 0 aliphatic carbocycles. The Hall–Kier alpha value is -1.49. The van der Waals surface area contributed by atoms with E-state index in [0.29, 0.717) is 12.3 Å². The Morgan fingerprint density at radius 1 is 1.42 bits per heavy atom. The lowest BCUT2D eigenvalue weighted by atomic mass is 10.2. The second-order valence-electron chi connectivity index (χ2n) is 4.97. The summed E-state index contributed by atoms with van der Waals surface area (Å²) in [5.41, 5.74) is 0. The highest BCUT2D eigenvalue weighted by Crippen LogP contribution is 2.18. The molecule has 0 bridgehead atoms. The number of Topliss-reactive ketones (excluding diaryl/α,β-unsaturated/α-hetero) is 1. The van der Waals surface area contributed by atoms with Crippen LogP contribution in [0, 0.1) is 5.92 Å². The molecule has 2 aromatic rings. The number of hydrogen-bond donors (Lipinski definition) is 0. The summed E-state index contributed by atoms with van der Waals surface area (Å²) in [4.78, 5) is 18.5. The minimum absolute atomic E-state index is 0.128. The summed E-state index contributed by atoms with van der Waals surface area (Å²) in [5.74, 6) is 1.37. The predicted octanol–water partition coefficient (Wildman–Crippen LogP) is 2.98. The average molecular weight is 277 g/mol. The third-order valence-corrected chi connectivity index (χ3v) is 4.11. The van der Waals surface area contributed by atoms with Gasteiger partial charge < -0.3 is 0 Å². The van der Waals surface area contributed by atoms with Crippen molar-refractivity contribution in [2.45, 2.75) is 40.2 Å². The Balaban J connectivity index is 2.08. The third kappa shape index (κ3) is 3.50. The summed E-state index contributed by atoms with van der Waals surface area (Å²) >= 11 is 1.58. The van der Waals surface area contributed by atoms with Crippen molar-refractivity contribution >= 4 is 17.1 Å². The van der Waals surface area contributed by atoms with Gasteiger partial charge in [0, 0.05) is 11.4 Å². The quantitative estimate of drug-likeness (QED) is 0.763. The van der Waals surface area contributed by atoms with Crippen LogP contribution in [0.15, 0.2) is 18.5 Å². The third-order valence-electron chi connectivity index (χ3n) is 2.84. The summed E-state index contributed by atoms with van der Waals surface area (Å²) < 4.78 is 1.83. The maximum Gasteiger partial charge on any atom is 0.180 e. The molecular weight excluding hydrogens is 258 g/mol. The Labute approximate surface area is 117 Å². The van der Waals surface area contributed by atoms with Crippen LogP contribution in [0.25, 0.3) is 0 Å². The number of hydrogen-bond acceptors (Lipinski definition) is 4. The van der Waals surface area contributed by atoms with Crippen LogP contribution in [0.1, 0.15) is 41.1 Å². The van der Waals surface area contributed by atoms with Crippen molar-refractivity contribution in [1.82, 2.24) is 14.8 Å². The fourth-order valence-electron chi connectivity index (χ4n) is 1.87. The van der Waals surface area contributed by atoms with E-state index in [1.807, 2.05) is 16.8 Å². The Bertz CT molecular complexity index is 557. The first-order valence-corrected chi connectivity index (χ1v) is 7.40. The largest absolute Gasteiger partial charge is 0.293 e. The predicted molar refractivity (Wildman–Crippen MR) is 76.6 cm³/mol. The van der Waals surface area contributed by atoms with Crippen molar-refractivity contribution in [3.8, 4) is 0 Å². The zero-order valence-corrected chi connectivity index (χ0v) is 12.4. The molecule has 0 aliphatic rings. The normalized spacial score (nSPS) is 11.2. The second-order valence-corrected chi connectivity index (χ2v) is 6.14.